The molecule has 140 valence electrons. The summed E-state index contributed by atoms with van der Waals surface area (Å²) in [7, 11) is 0. The molecule has 0 saturated carbocycles. The molecule has 24 heavy (non-hydrogen) atoms. The third-order valence-corrected chi connectivity index (χ3v) is 4.12. The van der Waals surface area contributed by atoms with E-state index in [1.807, 2.05) is 25.1 Å². The molecule has 3 N–H and O–H groups in total. The molecule has 0 aromatic heterocycles. The van der Waals surface area contributed by atoms with E-state index < -0.39 is 0 Å². The first-order chi connectivity index (χ1) is 10.2. The molecule has 0 aliphatic carbocycles. The van der Waals surface area contributed by atoms with E-state index in [0.717, 1.165) is 44.1 Å². The summed E-state index contributed by atoms with van der Waals surface area (Å²) in [6.07, 6.45) is 0. The molecule has 0 bridgehead atoms. The van der Waals surface area contributed by atoms with Gasteiger partial charge in [-0.1, -0.05) is 26.0 Å². The van der Waals surface area contributed by atoms with Crippen LogP contribution in [0.3, 0.4) is 0 Å². The smallest absolute Gasteiger partial charge is 0.228 e. The fourth-order valence-electron chi connectivity index (χ4n) is 2.52. The molecule has 8 heteroatoms. The van der Waals surface area contributed by atoms with Crippen LogP contribution in [0.5, 0.6) is 0 Å². The molecular weight excluding hydrogens is 371 g/mol. The maximum Gasteiger partial charge on any atom is 0.228 e. The number of rotatable bonds is 5. The zero-order chi connectivity index (χ0) is 15.2. The summed E-state index contributed by atoms with van der Waals surface area (Å²) in [5, 5.41) is 3.01. The number of halogens is 3. The minimum absolute atomic E-state index is 0. The van der Waals surface area contributed by atoms with E-state index in [1.165, 1.54) is 0 Å². The largest absolute Gasteiger partial charge is 0.367 e. The average molecular weight is 400 g/mol. The fraction of sp³-hybridized carbons (Fsp3) is 0.562. The van der Waals surface area contributed by atoms with Gasteiger partial charge >= 0.3 is 0 Å². The number of likely N-dealkylation sites (N-methyl/N-ethyl adjacent to an activating group) is 1. The van der Waals surface area contributed by atoms with E-state index in [0.29, 0.717) is 6.54 Å². The van der Waals surface area contributed by atoms with E-state index >= 15 is 0 Å². The van der Waals surface area contributed by atoms with E-state index in [2.05, 4.69) is 28.1 Å². The van der Waals surface area contributed by atoms with Crippen LogP contribution in [-0.2, 0) is 4.79 Å². The van der Waals surface area contributed by atoms with Gasteiger partial charge in [0.05, 0.1) is 11.4 Å². The molecule has 1 aromatic carbocycles. The molecule has 0 radical (unpaired) electrons. The van der Waals surface area contributed by atoms with Gasteiger partial charge in [-0.2, -0.15) is 0 Å². The number of anilines is 2. The zero-order valence-electron chi connectivity index (χ0n) is 14.2. The highest BCUT2D eigenvalue weighted by Crippen LogP contribution is 2.27. The number of para-hydroxylation sites is 2. The quantitative estimate of drug-likeness (QED) is 0.799. The predicted molar refractivity (Wildman–Crippen MR) is 109 cm³/mol. The Morgan fingerprint density at radius 2 is 1.75 bits per heavy atom. The second-order valence-electron chi connectivity index (χ2n) is 5.56. The lowest BCUT2D eigenvalue weighted by Gasteiger charge is -2.36. The Morgan fingerprint density at radius 1 is 1.17 bits per heavy atom. The van der Waals surface area contributed by atoms with Crippen LogP contribution in [0, 0.1) is 5.92 Å². The summed E-state index contributed by atoms with van der Waals surface area (Å²) in [5.41, 5.74) is 7.55. The van der Waals surface area contributed by atoms with Crippen molar-refractivity contribution in [2.75, 3.05) is 49.5 Å². The number of nitrogens with one attached hydrogen (secondary N) is 1. The first kappa shape index (κ1) is 25.5. The minimum Gasteiger partial charge on any atom is -0.367 e. The Balaban J connectivity index is 0. The van der Waals surface area contributed by atoms with Crippen molar-refractivity contribution in [1.82, 2.24) is 4.90 Å². The van der Waals surface area contributed by atoms with Crippen molar-refractivity contribution in [3.05, 3.63) is 24.3 Å². The number of carbonyl (C=O) groups excluding carboxylic acids is 1. The zero-order valence-corrected chi connectivity index (χ0v) is 16.7. The van der Waals surface area contributed by atoms with Crippen LogP contribution in [0.1, 0.15) is 13.8 Å². The molecule has 1 atom stereocenters. The third-order valence-electron chi connectivity index (χ3n) is 4.12. The maximum absolute atomic E-state index is 12.1. The molecule has 2 rings (SSSR count). The Hall–Kier alpha value is -0.720. The lowest BCUT2D eigenvalue weighted by atomic mass is 10.1. The highest BCUT2D eigenvalue weighted by Gasteiger charge is 2.19. The number of nitrogens with zero attached hydrogens (tertiary/aromatic N) is 2. The Kier molecular flexibility index (Phi) is 13.4. The third kappa shape index (κ3) is 6.65. The Labute approximate surface area is 163 Å². The number of hydrogen-bond donors (Lipinski definition) is 2. The number of amides is 1. The van der Waals surface area contributed by atoms with Crippen LogP contribution < -0.4 is 16.0 Å². The lowest BCUT2D eigenvalue weighted by molar-refractivity contribution is -0.119. The number of carbonyl (C=O) groups is 1. The maximum atomic E-state index is 12.1. The van der Waals surface area contributed by atoms with Gasteiger partial charge in [0, 0.05) is 38.6 Å². The Morgan fingerprint density at radius 3 is 2.29 bits per heavy atom. The van der Waals surface area contributed by atoms with Crippen LogP contribution in [-0.4, -0.2) is 50.1 Å². The van der Waals surface area contributed by atoms with Crippen LogP contribution in [0.4, 0.5) is 11.4 Å². The van der Waals surface area contributed by atoms with Crippen LogP contribution in [0.15, 0.2) is 24.3 Å². The predicted octanol–water partition coefficient (Wildman–Crippen LogP) is 2.63. The summed E-state index contributed by atoms with van der Waals surface area (Å²) in [4.78, 5) is 16.8. The normalized spacial score (nSPS) is 15.4. The summed E-state index contributed by atoms with van der Waals surface area (Å²) >= 11 is 0. The number of nitrogens with two attached hydrogens (primary N) is 1. The highest BCUT2D eigenvalue weighted by atomic mass is 35.5. The SMILES string of the molecule is CCN1CCN(c2ccccc2NC(=O)C(C)CN)CC1.Cl.Cl.Cl. The lowest BCUT2D eigenvalue weighted by Crippen LogP contribution is -2.46. The van der Waals surface area contributed by atoms with E-state index in [1.54, 1.807) is 0 Å². The van der Waals surface area contributed by atoms with Crippen molar-refractivity contribution < 1.29 is 4.79 Å². The van der Waals surface area contributed by atoms with Crippen molar-refractivity contribution >= 4 is 54.5 Å². The standard InChI is InChI=1S/C16H26N4O.3ClH/c1-3-19-8-10-20(11-9-19)15-7-5-4-6-14(15)18-16(21)13(2)12-17;;;/h4-7,13H,3,8-12,17H2,1-2H3,(H,18,21);3*1H. The van der Waals surface area contributed by atoms with Gasteiger partial charge in [0.25, 0.3) is 0 Å². The number of hydrogen-bond acceptors (Lipinski definition) is 4. The topological polar surface area (TPSA) is 61.6 Å². The average Bonchev–Trinajstić information content (AvgIpc) is 2.54. The van der Waals surface area contributed by atoms with Gasteiger partial charge in [-0.05, 0) is 18.7 Å². The number of benzene rings is 1. The minimum atomic E-state index is -0.171. The molecule has 1 heterocycles. The highest BCUT2D eigenvalue weighted by molar-refractivity contribution is 5.95. The van der Waals surface area contributed by atoms with Gasteiger partial charge in [0.15, 0.2) is 0 Å². The van der Waals surface area contributed by atoms with Gasteiger partial charge in [0.2, 0.25) is 5.91 Å². The molecule has 1 aliphatic rings. The number of piperazine rings is 1. The first-order valence-corrected chi connectivity index (χ1v) is 7.73. The summed E-state index contributed by atoms with van der Waals surface area (Å²) in [6, 6.07) is 8.01. The van der Waals surface area contributed by atoms with Crippen molar-refractivity contribution in [2.45, 2.75) is 13.8 Å². The Bertz CT molecular complexity index is 482. The second kappa shape index (κ2) is 12.6. The molecule has 0 spiro atoms. The molecule has 1 unspecified atom stereocenters. The van der Waals surface area contributed by atoms with Crippen molar-refractivity contribution in [3.63, 3.8) is 0 Å². The summed E-state index contributed by atoms with van der Waals surface area (Å²) < 4.78 is 0. The molecule has 5 nitrogen and oxygen atoms in total. The van der Waals surface area contributed by atoms with Crippen molar-refractivity contribution in [1.29, 1.82) is 0 Å². The van der Waals surface area contributed by atoms with Crippen molar-refractivity contribution in [3.8, 4) is 0 Å². The van der Waals surface area contributed by atoms with E-state index in [9.17, 15) is 4.79 Å². The summed E-state index contributed by atoms with van der Waals surface area (Å²) in [5.74, 6) is -0.188. The van der Waals surface area contributed by atoms with Gasteiger partial charge < -0.3 is 20.9 Å². The van der Waals surface area contributed by atoms with E-state index in [4.69, 9.17) is 5.73 Å². The molecule has 1 saturated heterocycles. The molecule has 1 amide bonds. The monoisotopic (exact) mass is 398 g/mol. The molecule has 1 fully saturated rings. The van der Waals surface area contributed by atoms with Crippen LogP contribution in [0.2, 0.25) is 0 Å². The molecule has 1 aromatic rings. The van der Waals surface area contributed by atoms with Gasteiger partial charge in [-0.25, -0.2) is 0 Å². The fourth-order valence-corrected chi connectivity index (χ4v) is 2.52. The van der Waals surface area contributed by atoms with Gasteiger partial charge in [-0.15, -0.1) is 37.2 Å². The van der Waals surface area contributed by atoms with E-state index in [-0.39, 0.29) is 49.0 Å². The van der Waals surface area contributed by atoms with Gasteiger partial charge in [-0.3, -0.25) is 4.79 Å². The van der Waals surface area contributed by atoms with Crippen LogP contribution in [0.25, 0.3) is 0 Å². The molecule has 1 aliphatic heterocycles. The van der Waals surface area contributed by atoms with Crippen LogP contribution >= 0.6 is 37.2 Å². The first-order valence-electron chi connectivity index (χ1n) is 7.73. The molecular formula is C16H29Cl3N4O. The van der Waals surface area contributed by atoms with Crippen molar-refractivity contribution in [2.24, 2.45) is 11.7 Å². The summed E-state index contributed by atoms with van der Waals surface area (Å²) in [6.45, 7) is 9.62. The van der Waals surface area contributed by atoms with Gasteiger partial charge in [0.1, 0.15) is 0 Å². The second-order valence-corrected chi connectivity index (χ2v) is 5.56.